The Bertz CT molecular complexity index is 463. The largest absolute Gasteiger partial charge is 0.416 e. The van der Waals surface area contributed by atoms with E-state index < -0.39 is 11.7 Å². The van der Waals surface area contributed by atoms with Crippen LogP contribution in [0.15, 0.2) is 23.1 Å². The first-order chi connectivity index (χ1) is 9.34. The molecule has 1 amide bonds. The fraction of sp³-hybridized carbons (Fsp3) is 0.462. The van der Waals surface area contributed by atoms with E-state index in [1.807, 2.05) is 6.92 Å². The predicted octanol–water partition coefficient (Wildman–Crippen LogP) is 3.30. The summed E-state index contributed by atoms with van der Waals surface area (Å²) in [6.45, 7) is 2.63. The zero-order valence-electron chi connectivity index (χ0n) is 11.1. The molecule has 0 aromatic heterocycles. The first-order valence-corrected chi connectivity index (χ1v) is 7.19. The van der Waals surface area contributed by atoms with Crippen LogP contribution in [0.25, 0.3) is 0 Å². The average Bonchev–Trinajstić information content (AvgIpc) is 2.36. The Balaban J connectivity index is 2.55. The predicted molar refractivity (Wildman–Crippen MR) is 74.5 cm³/mol. The number of carbonyl (C=O) groups excluding carboxylic acids is 1. The molecule has 0 saturated carbocycles. The van der Waals surface area contributed by atoms with Gasteiger partial charge in [0.05, 0.1) is 11.3 Å². The van der Waals surface area contributed by atoms with Crippen LogP contribution in [0.3, 0.4) is 0 Å². The summed E-state index contributed by atoms with van der Waals surface area (Å²) in [5.41, 5.74) is 4.82. The molecule has 0 atom stereocenters. The van der Waals surface area contributed by atoms with Crippen molar-refractivity contribution in [1.82, 2.24) is 5.32 Å². The van der Waals surface area contributed by atoms with Crippen LogP contribution in [-0.4, -0.2) is 18.2 Å². The normalized spacial score (nSPS) is 11.4. The molecule has 112 valence electrons. The van der Waals surface area contributed by atoms with Crippen molar-refractivity contribution < 1.29 is 18.0 Å². The number of nitrogen functional groups attached to an aromatic ring is 1. The van der Waals surface area contributed by atoms with Crippen molar-refractivity contribution in [2.45, 2.75) is 30.8 Å². The Morgan fingerprint density at radius 1 is 1.40 bits per heavy atom. The zero-order valence-corrected chi connectivity index (χ0v) is 11.9. The number of thioether (sulfide) groups is 1. The summed E-state index contributed by atoms with van der Waals surface area (Å²) < 4.78 is 37.4. The minimum atomic E-state index is -4.41. The number of anilines is 1. The molecule has 0 aliphatic heterocycles. The van der Waals surface area contributed by atoms with Gasteiger partial charge in [0.1, 0.15) is 0 Å². The number of unbranched alkanes of at least 4 members (excludes halogenated alkanes) is 1. The number of nitrogens with two attached hydrogens (primary N) is 1. The van der Waals surface area contributed by atoms with E-state index >= 15 is 0 Å². The van der Waals surface area contributed by atoms with E-state index in [0.717, 1.165) is 36.7 Å². The molecule has 0 aliphatic rings. The Kier molecular flexibility index (Phi) is 6.19. The summed E-state index contributed by atoms with van der Waals surface area (Å²) in [4.78, 5) is 12.0. The minimum absolute atomic E-state index is 0.0335. The van der Waals surface area contributed by atoms with Crippen molar-refractivity contribution in [3.05, 3.63) is 23.8 Å². The second-order valence-corrected chi connectivity index (χ2v) is 5.26. The molecule has 0 bridgehead atoms. The molecule has 7 heteroatoms. The van der Waals surface area contributed by atoms with Crippen molar-refractivity contribution in [3.8, 4) is 0 Å². The van der Waals surface area contributed by atoms with Gasteiger partial charge in [-0.3, -0.25) is 4.79 Å². The van der Waals surface area contributed by atoms with Crippen molar-refractivity contribution in [3.63, 3.8) is 0 Å². The van der Waals surface area contributed by atoms with Gasteiger partial charge < -0.3 is 11.1 Å². The zero-order chi connectivity index (χ0) is 15.2. The van der Waals surface area contributed by atoms with E-state index in [-0.39, 0.29) is 17.3 Å². The third kappa shape index (κ3) is 5.32. The number of hydrogen-bond donors (Lipinski definition) is 2. The van der Waals surface area contributed by atoms with Gasteiger partial charge in [-0.15, -0.1) is 11.8 Å². The number of rotatable bonds is 6. The molecule has 1 aromatic rings. The van der Waals surface area contributed by atoms with Crippen molar-refractivity contribution in [2.24, 2.45) is 0 Å². The molecular weight excluding hydrogens is 289 g/mol. The topological polar surface area (TPSA) is 55.1 Å². The lowest BCUT2D eigenvalue weighted by Gasteiger charge is -2.10. The second kappa shape index (κ2) is 7.42. The molecule has 3 N–H and O–H groups in total. The smallest absolute Gasteiger partial charge is 0.398 e. The van der Waals surface area contributed by atoms with Gasteiger partial charge >= 0.3 is 6.18 Å². The highest BCUT2D eigenvalue weighted by Crippen LogP contribution is 2.34. The van der Waals surface area contributed by atoms with Gasteiger partial charge in [-0.1, -0.05) is 13.3 Å². The van der Waals surface area contributed by atoms with Crippen LogP contribution in [0.5, 0.6) is 0 Å². The number of amides is 1. The summed E-state index contributed by atoms with van der Waals surface area (Å²) in [6, 6.07) is 3.15. The highest BCUT2D eigenvalue weighted by atomic mass is 32.2. The number of halogens is 3. The lowest BCUT2D eigenvalue weighted by molar-refractivity contribution is -0.137. The highest BCUT2D eigenvalue weighted by Gasteiger charge is 2.30. The fourth-order valence-corrected chi connectivity index (χ4v) is 2.23. The van der Waals surface area contributed by atoms with Gasteiger partial charge in [0.25, 0.3) is 0 Å². The van der Waals surface area contributed by atoms with E-state index in [0.29, 0.717) is 11.4 Å². The molecule has 3 nitrogen and oxygen atoms in total. The summed E-state index contributed by atoms with van der Waals surface area (Å²) >= 11 is 1.13. The van der Waals surface area contributed by atoms with Crippen LogP contribution >= 0.6 is 11.8 Å². The minimum Gasteiger partial charge on any atom is -0.398 e. The number of alkyl halides is 3. The van der Waals surface area contributed by atoms with Crippen LogP contribution < -0.4 is 11.1 Å². The Hall–Kier alpha value is -1.37. The molecule has 0 saturated heterocycles. The standard InChI is InChI=1S/C13H17F3N2OS/c1-2-3-6-18-12(19)8-20-11-5-4-9(7-10(11)17)13(14,15)16/h4-5,7H,2-3,6,8,17H2,1H3,(H,18,19). The van der Waals surface area contributed by atoms with E-state index in [2.05, 4.69) is 5.32 Å². The van der Waals surface area contributed by atoms with Gasteiger partial charge in [0.15, 0.2) is 0 Å². The number of nitrogens with one attached hydrogen (secondary N) is 1. The molecule has 20 heavy (non-hydrogen) atoms. The highest BCUT2D eigenvalue weighted by molar-refractivity contribution is 8.00. The number of carbonyl (C=O) groups is 1. The molecule has 1 aromatic carbocycles. The molecule has 0 spiro atoms. The summed E-state index contributed by atoms with van der Waals surface area (Å²) in [5, 5.41) is 2.73. The van der Waals surface area contributed by atoms with Gasteiger partial charge in [-0.05, 0) is 24.6 Å². The maximum absolute atomic E-state index is 12.5. The van der Waals surface area contributed by atoms with E-state index in [9.17, 15) is 18.0 Å². The summed E-state index contributed by atoms with van der Waals surface area (Å²) in [7, 11) is 0. The Labute approximate surface area is 120 Å². The molecule has 0 radical (unpaired) electrons. The monoisotopic (exact) mass is 306 g/mol. The maximum Gasteiger partial charge on any atom is 0.416 e. The van der Waals surface area contributed by atoms with E-state index in [4.69, 9.17) is 5.73 Å². The summed E-state index contributed by atoms with van der Waals surface area (Å²) in [5.74, 6) is -0.0121. The van der Waals surface area contributed by atoms with Crippen LogP contribution in [0.1, 0.15) is 25.3 Å². The Morgan fingerprint density at radius 3 is 2.65 bits per heavy atom. The van der Waals surface area contributed by atoms with Gasteiger partial charge in [0, 0.05) is 17.1 Å². The van der Waals surface area contributed by atoms with Gasteiger partial charge in [0.2, 0.25) is 5.91 Å². The molecule has 0 unspecified atom stereocenters. The van der Waals surface area contributed by atoms with Crippen LogP contribution in [0, 0.1) is 0 Å². The SMILES string of the molecule is CCCCNC(=O)CSc1ccc(C(F)(F)F)cc1N. The Morgan fingerprint density at radius 2 is 2.10 bits per heavy atom. The third-order valence-electron chi connectivity index (χ3n) is 2.55. The van der Waals surface area contributed by atoms with Crippen molar-refractivity contribution in [2.75, 3.05) is 18.0 Å². The summed E-state index contributed by atoms with van der Waals surface area (Å²) in [6.07, 6.45) is -2.52. The fourth-order valence-electron chi connectivity index (χ4n) is 1.46. The number of hydrogen-bond acceptors (Lipinski definition) is 3. The van der Waals surface area contributed by atoms with Gasteiger partial charge in [-0.25, -0.2) is 0 Å². The lowest BCUT2D eigenvalue weighted by atomic mass is 10.2. The maximum atomic E-state index is 12.5. The average molecular weight is 306 g/mol. The van der Waals surface area contributed by atoms with E-state index in [1.54, 1.807) is 0 Å². The van der Waals surface area contributed by atoms with Crippen LogP contribution in [0.4, 0.5) is 18.9 Å². The molecule has 1 rings (SSSR count). The lowest BCUT2D eigenvalue weighted by Crippen LogP contribution is -2.26. The number of benzene rings is 1. The molecule has 0 aliphatic carbocycles. The van der Waals surface area contributed by atoms with Crippen LogP contribution in [-0.2, 0) is 11.0 Å². The second-order valence-electron chi connectivity index (χ2n) is 4.24. The first kappa shape index (κ1) is 16.7. The van der Waals surface area contributed by atoms with Crippen molar-refractivity contribution >= 4 is 23.4 Å². The van der Waals surface area contributed by atoms with E-state index in [1.165, 1.54) is 6.07 Å². The van der Waals surface area contributed by atoms with Crippen molar-refractivity contribution in [1.29, 1.82) is 0 Å². The first-order valence-electron chi connectivity index (χ1n) is 6.20. The molecular formula is C13H17F3N2OS. The van der Waals surface area contributed by atoms with Crippen LogP contribution in [0.2, 0.25) is 0 Å². The molecule has 0 fully saturated rings. The quantitative estimate of drug-likeness (QED) is 0.482. The third-order valence-corrected chi connectivity index (χ3v) is 3.64. The van der Waals surface area contributed by atoms with Gasteiger partial charge in [-0.2, -0.15) is 13.2 Å². The molecule has 0 heterocycles.